The molecule has 0 spiro atoms. The Bertz CT molecular complexity index is 1630. The number of hydrogen-bond donors (Lipinski definition) is 4. The molecule has 4 aromatic heterocycles. The number of carboxylic acid groups (broad SMARTS) is 2. The molecule has 0 saturated heterocycles. The molecular formula is C22H24N8O8S2. The van der Waals surface area contributed by atoms with Crippen LogP contribution in [0.1, 0.15) is 21.0 Å². The highest BCUT2D eigenvalue weighted by Gasteiger charge is 2.20. The summed E-state index contributed by atoms with van der Waals surface area (Å²) in [6, 6.07) is 5.58. The largest absolute Gasteiger partial charge is 0.477 e. The first-order valence-electron chi connectivity index (χ1n) is 11.0. The van der Waals surface area contributed by atoms with Gasteiger partial charge in [-0.3, -0.25) is 19.3 Å². The minimum atomic E-state index is -3.57. The van der Waals surface area contributed by atoms with E-state index in [0.717, 1.165) is 0 Å². The molecule has 0 unspecified atom stereocenters. The third kappa shape index (κ3) is 6.20. The third-order valence-corrected chi connectivity index (χ3v) is 8.26. The van der Waals surface area contributed by atoms with Gasteiger partial charge >= 0.3 is 11.9 Å². The van der Waals surface area contributed by atoms with E-state index in [1.165, 1.54) is 86.6 Å². The van der Waals surface area contributed by atoms with Crippen molar-refractivity contribution in [3.05, 3.63) is 60.4 Å². The second-order valence-corrected chi connectivity index (χ2v) is 11.6. The average Bonchev–Trinajstić information content (AvgIpc) is 3.51. The lowest BCUT2D eigenvalue weighted by Gasteiger charge is -2.04. The first-order valence-corrected chi connectivity index (χ1v) is 14.0. The molecule has 0 atom stereocenters. The number of aromatic nitrogens is 6. The molecule has 0 radical (unpaired) electrons. The Kier molecular flexibility index (Phi) is 8.78. The standard InChI is InChI=1S/2C11H12N4O4S/c2*1-12-20(18,19)7-3-4-9(13-5-7)8-6-14-15(2)10(8)11(16)17/h2*3-6,12H,1-2H3,(H,16,17). The lowest BCUT2D eigenvalue weighted by atomic mass is 10.1. The van der Waals surface area contributed by atoms with E-state index in [-0.39, 0.29) is 21.2 Å². The number of rotatable bonds is 8. The van der Waals surface area contributed by atoms with Crippen molar-refractivity contribution in [2.24, 2.45) is 14.1 Å². The highest BCUT2D eigenvalue weighted by molar-refractivity contribution is 7.89. The van der Waals surface area contributed by atoms with Gasteiger partial charge < -0.3 is 10.2 Å². The first-order chi connectivity index (χ1) is 18.7. The van der Waals surface area contributed by atoms with Gasteiger partial charge in [-0.2, -0.15) is 10.2 Å². The molecule has 0 saturated carbocycles. The second kappa shape index (κ2) is 11.7. The molecule has 0 bridgehead atoms. The van der Waals surface area contributed by atoms with Gasteiger partial charge in [0.15, 0.2) is 11.4 Å². The summed E-state index contributed by atoms with van der Waals surface area (Å²) in [5.41, 5.74) is 1.31. The zero-order chi connectivity index (χ0) is 29.8. The zero-order valence-electron chi connectivity index (χ0n) is 21.5. The van der Waals surface area contributed by atoms with Crippen molar-refractivity contribution in [2.75, 3.05) is 14.1 Å². The fraction of sp³-hybridized carbons (Fsp3) is 0.182. The van der Waals surface area contributed by atoms with E-state index in [1.807, 2.05) is 0 Å². The maximum absolute atomic E-state index is 11.6. The van der Waals surface area contributed by atoms with E-state index in [9.17, 15) is 26.4 Å². The van der Waals surface area contributed by atoms with Crippen LogP contribution in [0.3, 0.4) is 0 Å². The van der Waals surface area contributed by atoms with Gasteiger partial charge in [-0.15, -0.1) is 0 Å². The van der Waals surface area contributed by atoms with Crippen LogP contribution in [-0.2, 0) is 34.1 Å². The van der Waals surface area contributed by atoms with Gasteiger partial charge in [0.2, 0.25) is 20.0 Å². The van der Waals surface area contributed by atoms with Gasteiger partial charge in [0, 0.05) is 26.5 Å². The summed E-state index contributed by atoms with van der Waals surface area (Å²) in [6.07, 6.45) is 5.08. The monoisotopic (exact) mass is 592 g/mol. The van der Waals surface area contributed by atoms with E-state index in [2.05, 4.69) is 29.6 Å². The van der Waals surface area contributed by atoms with Crippen LogP contribution in [0.4, 0.5) is 0 Å². The van der Waals surface area contributed by atoms with Crippen LogP contribution in [0.25, 0.3) is 22.5 Å². The molecule has 0 aliphatic carbocycles. The van der Waals surface area contributed by atoms with Crippen LogP contribution in [0.5, 0.6) is 0 Å². The van der Waals surface area contributed by atoms with Crippen LogP contribution in [-0.4, -0.2) is 82.6 Å². The molecule has 18 heteroatoms. The van der Waals surface area contributed by atoms with E-state index in [0.29, 0.717) is 22.5 Å². The minimum absolute atomic E-state index is 0.00418. The number of nitrogens with zero attached hydrogens (tertiary/aromatic N) is 6. The van der Waals surface area contributed by atoms with Crippen LogP contribution in [0, 0.1) is 0 Å². The Hall–Kier alpha value is -4.52. The Morgan fingerprint density at radius 1 is 0.675 bits per heavy atom. The number of sulfonamides is 2. The predicted molar refractivity (Wildman–Crippen MR) is 139 cm³/mol. The second-order valence-electron chi connectivity index (χ2n) is 7.84. The van der Waals surface area contributed by atoms with Gasteiger partial charge in [0.25, 0.3) is 0 Å². The lowest BCUT2D eigenvalue weighted by Crippen LogP contribution is -2.18. The summed E-state index contributed by atoms with van der Waals surface area (Å²) in [4.78, 5) is 30.3. The SMILES string of the molecule is CNS(=O)(=O)c1ccc(-c2cnn(C)c2C(=O)O)nc1.CNS(=O)(=O)c1ccc(-c2cnn(C)c2C(=O)O)nc1. The summed E-state index contributed by atoms with van der Waals surface area (Å²) < 4.78 is 53.0. The summed E-state index contributed by atoms with van der Waals surface area (Å²) >= 11 is 0. The molecule has 40 heavy (non-hydrogen) atoms. The topological polar surface area (TPSA) is 228 Å². The number of hydrogen-bond acceptors (Lipinski definition) is 10. The average molecular weight is 593 g/mol. The maximum atomic E-state index is 11.6. The summed E-state index contributed by atoms with van der Waals surface area (Å²) in [5.74, 6) is -2.26. The maximum Gasteiger partial charge on any atom is 0.354 e. The Morgan fingerprint density at radius 2 is 1.02 bits per heavy atom. The van der Waals surface area contributed by atoms with Crippen molar-refractivity contribution in [1.29, 1.82) is 0 Å². The highest BCUT2D eigenvalue weighted by Crippen LogP contribution is 2.23. The third-order valence-electron chi connectivity index (χ3n) is 5.47. The molecule has 0 fully saturated rings. The molecule has 4 rings (SSSR count). The van der Waals surface area contributed by atoms with Crippen molar-refractivity contribution in [1.82, 2.24) is 39.0 Å². The number of aromatic carboxylic acids is 2. The number of carbonyl (C=O) groups is 2. The molecule has 16 nitrogen and oxygen atoms in total. The van der Waals surface area contributed by atoms with Crippen LogP contribution in [0.15, 0.2) is 58.8 Å². The number of pyridine rings is 2. The molecule has 0 aliphatic rings. The van der Waals surface area contributed by atoms with Gasteiger partial charge in [0.1, 0.15) is 9.79 Å². The summed E-state index contributed by atoms with van der Waals surface area (Å²) in [6.45, 7) is 0. The number of aryl methyl sites for hydroxylation is 2. The Labute approximate surface area is 228 Å². The van der Waals surface area contributed by atoms with Crippen molar-refractivity contribution in [3.8, 4) is 22.5 Å². The van der Waals surface area contributed by atoms with Gasteiger partial charge in [-0.1, -0.05) is 0 Å². The summed E-state index contributed by atoms with van der Waals surface area (Å²) in [5, 5.41) is 26.0. The quantitative estimate of drug-likeness (QED) is 0.215. The van der Waals surface area contributed by atoms with Gasteiger partial charge in [0.05, 0.1) is 34.9 Å². The van der Waals surface area contributed by atoms with Crippen LogP contribution in [0.2, 0.25) is 0 Å². The summed E-state index contributed by atoms with van der Waals surface area (Å²) in [7, 11) is -1.53. The van der Waals surface area contributed by atoms with Crippen molar-refractivity contribution >= 4 is 32.0 Å². The minimum Gasteiger partial charge on any atom is -0.477 e. The molecule has 4 N–H and O–H groups in total. The van der Waals surface area contributed by atoms with E-state index < -0.39 is 32.0 Å². The van der Waals surface area contributed by atoms with E-state index in [1.54, 1.807) is 0 Å². The van der Waals surface area contributed by atoms with E-state index >= 15 is 0 Å². The lowest BCUT2D eigenvalue weighted by molar-refractivity contribution is 0.0675. The molecule has 0 aliphatic heterocycles. The normalized spacial score (nSPS) is 11.5. The molecule has 0 amide bonds. The Balaban J connectivity index is 0.000000220. The van der Waals surface area contributed by atoms with E-state index in [4.69, 9.17) is 10.2 Å². The molecular weight excluding hydrogens is 568 g/mol. The van der Waals surface area contributed by atoms with Crippen molar-refractivity contribution in [2.45, 2.75) is 9.79 Å². The molecule has 0 aromatic carbocycles. The molecule has 4 aromatic rings. The zero-order valence-corrected chi connectivity index (χ0v) is 23.1. The van der Waals surface area contributed by atoms with Gasteiger partial charge in [-0.05, 0) is 38.4 Å². The first kappa shape index (κ1) is 30.0. The molecule has 212 valence electrons. The fourth-order valence-electron chi connectivity index (χ4n) is 3.39. The Morgan fingerprint density at radius 3 is 1.27 bits per heavy atom. The van der Waals surface area contributed by atoms with Crippen LogP contribution >= 0.6 is 0 Å². The van der Waals surface area contributed by atoms with Crippen LogP contribution < -0.4 is 9.44 Å². The highest BCUT2D eigenvalue weighted by atomic mass is 32.2. The van der Waals surface area contributed by atoms with Gasteiger partial charge in [-0.25, -0.2) is 35.9 Å². The number of carboxylic acids is 2. The smallest absolute Gasteiger partial charge is 0.354 e. The van der Waals surface area contributed by atoms with Crippen molar-refractivity contribution < 1.29 is 36.6 Å². The number of nitrogens with one attached hydrogen (secondary N) is 2. The van der Waals surface area contributed by atoms with Crippen molar-refractivity contribution in [3.63, 3.8) is 0 Å². The molecule has 4 heterocycles. The fourth-order valence-corrected chi connectivity index (χ4v) is 4.74. The predicted octanol–water partition coefficient (Wildman–Crippen LogP) is 0.177.